The van der Waals surface area contributed by atoms with E-state index in [1.165, 1.54) is 23.3 Å². The van der Waals surface area contributed by atoms with Crippen LogP contribution in [0.5, 0.6) is 0 Å². The molecule has 102 valence electrons. The molecular formula is C18H17FO. The molecular weight excluding hydrogens is 251 g/mol. The lowest BCUT2D eigenvalue weighted by Crippen LogP contribution is -2.14. The largest absolute Gasteiger partial charge is 0.294 e. The third-order valence-electron chi connectivity index (χ3n) is 4.07. The average Bonchev–Trinajstić information content (AvgIpc) is 2.47. The summed E-state index contributed by atoms with van der Waals surface area (Å²) in [6.07, 6.45) is 3.73. The first-order chi connectivity index (χ1) is 9.74. The Hall–Kier alpha value is -1.96. The Morgan fingerprint density at radius 2 is 2.00 bits per heavy atom. The van der Waals surface area contributed by atoms with Gasteiger partial charge in [0.15, 0.2) is 5.78 Å². The van der Waals surface area contributed by atoms with E-state index in [0.717, 1.165) is 19.3 Å². The number of carbonyl (C=O) groups is 1. The van der Waals surface area contributed by atoms with Gasteiger partial charge < -0.3 is 0 Å². The van der Waals surface area contributed by atoms with E-state index in [1.807, 2.05) is 6.07 Å². The Morgan fingerprint density at radius 1 is 1.15 bits per heavy atom. The highest BCUT2D eigenvalue weighted by molar-refractivity contribution is 5.96. The van der Waals surface area contributed by atoms with Gasteiger partial charge in [-0.1, -0.05) is 36.4 Å². The van der Waals surface area contributed by atoms with Crippen LogP contribution in [0.3, 0.4) is 0 Å². The van der Waals surface area contributed by atoms with E-state index in [9.17, 15) is 9.18 Å². The maximum absolute atomic E-state index is 13.2. The summed E-state index contributed by atoms with van der Waals surface area (Å²) in [6.45, 7) is 0. The molecule has 1 atom stereocenters. The van der Waals surface area contributed by atoms with E-state index in [0.29, 0.717) is 12.0 Å². The molecule has 20 heavy (non-hydrogen) atoms. The summed E-state index contributed by atoms with van der Waals surface area (Å²) in [6, 6.07) is 14.3. The summed E-state index contributed by atoms with van der Waals surface area (Å²) in [5.74, 6) is -0.0400. The van der Waals surface area contributed by atoms with Crippen LogP contribution >= 0.6 is 0 Å². The smallest absolute Gasteiger partial charge is 0.163 e. The molecule has 1 aliphatic carbocycles. The Morgan fingerprint density at radius 3 is 2.85 bits per heavy atom. The van der Waals surface area contributed by atoms with Crippen LogP contribution in [0.1, 0.15) is 46.7 Å². The first kappa shape index (κ1) is 13.0. The third kappa shape index (κ3) is 2.64. The molecule has 2 aromatic carbocycles. The van der Waals surface area contributed by atoms with E-state index in [2.05, 4.69) is 18.2 Å². The van der Waals surface area contributed by atoms with Gasteiger partial charge in [0.2, 0.25) is 0 Å². The van der Waals surface area contributed by atoms with Gasteiger partial charge >= 0.3 is 0 Å². The fourth-order valence-electron chi connectivity index (χ4n) is 3.07. The van der Waals surface area contributed by atoms with Crippen molar-refractivity contribution in [1.82, 2.24) is 0 Å². The number of ketones is 1. The molecule has 0 saturated carbocycles. The Bertz CT molecular complexity index is 633. The molecule has 2 aromatic rings. The minimum absolute atomic E-state index is 0.0335. The van der Waals surface area contributed by atoms with Crippen LogP contribution in [0.15, 0.2) is 48.5 Å². The normalized spacial score (nSPS) is 17.6. The molecule has 0 fully saturated rings. The lowest BCUT2D eigenvalue weighted by atomic mass is 9.79. The molecule has 1 unspecified atom stereocenters. The summed E-state index contributed by atoms with van der Waals surface area (Å²) < 4.78 is 13.2. The lowest BCUT2D eigenvalue weighted by molar-refractivity contribution is 0.0970. The van der Waals surface area contributed by atoms with Crippen LogP contribution in [-0.4, -0.2) is 5.78 Å². The van der Waals surface area contributed by atoms with Gasteiger partial charge in [-0.15, -0.1) is 0 Å². The highest BCUT2D eigenvalue weighted by atomic mass is 19.1. The summed E-state index contributed by atoms with van der Waals surface area (Å²) in [5, 5.41) is 0. The van der Waals surface area contributed by atoms with Crippen LogP contribution < -0.4 is 0 Å². The molecule has 0 aromatic heterocycles. The fraction of sp³-hybridized carbons (Fsp3) is 0.278. The number of benzene rings is 2. The van der Waals surface area contributed by atoms with Crippen LogP contribution in [0.25, 0.3) is 0 Å². The van der Waals surface area contributed by atoms with Crippen LogP contribution in [0.4, 0.5) is 4.39 Å². The van der Waals surface area contributed by atoms with Gasteiger partial charge in [0, 0.05) is 12.0 Å². The fourth-order valence-corrected chi connectivity index (χ4v) is 3.07. The molecule has 0 amide bonds. The van der Waals surface area contributed by atoms with Crippen molar-refractivity contribution in [2.45, 2.75) is 31.6 Å². The van der Waals surface area contributed by atoms with Gasteiger partial charge in [-0.3, -0.25) is 4.79 Å². The molecule has 0 saturated heterocycles. The lowest BCUT2D eigenvalue weighted by Gasteiger charge is -2.24. The second-order valence-corrected chi connectivity index (χ2v) is 5.43. The van der Waals surface area contributed by atoms with Crippen molar-refractivity contribution >= 4 is 5.78 Å². The zero-order valence-corrected chi connectivity index (χ0v) is 11.3. The van der Waals surface area contributed by atoms with Crippen molar-refractivity contribution in [1.29, 1.82) is 0 Å². The van der Waals surface area contributed by atoms with E-state index in [-0.39, 0.29) is 17.5 Å². The molecule has 0 bridgehead atoms. The SMILES string of the molecule is O=C(CC1CCCc2ccccc21)c1cccc(F)c1. The van der Waals surface area contributed by atoms with Crippen molar-refractivity contribution < 1.29 is 9.18 Å². The predicted octanol–water partition coefficient (Wildman–Crippen LogP) is 4.52. The van der Waals surface area contributed by atoms with Crippen molar-refractivity contribution in [2.24, 2.45) is 0 Å². The second-order valence-electron chi connectivity index (χ2n) is 5.43. The molecule has 0 aliphatic heterocycles. The number of fused-ring (bicyclic) bond motifs is 1. The minimum atomic E-state index is -0.347. The van der Waals surface area contributed by atoms with Crippen molar-refractivity contribution in [3.05, 3.63) is 71.0 Å². The zero-order valence-electron chi connectivity index (χ0n) is 11.3. The van der Waals surface area contributed by atoms with Gasteiger partial charge in [-0.2, -0.15) is 0 Å². The minimum Gasteiger partial charge on any atom is -0.294 e. The summed E-state index contributed by atoms with van der Waals surface area (Å²) in [5.41, 5.74) is 3.13. The number of halogens is 1. The number of carbonyl (C=O) groups excluding carboxylic acids is 1. The summed E-state index contributed by atoms with van der Waals surface area (Å²) >= 11 is 0. The number of aryl methyl sites for hydroxylation is 1. The first-order valence-electron chi connectivity index (χ1n) is 7.10. The van der Waals surface area contributed by atoms with Crippen molar-refractivity contribution in [3.63, 3.8) is 0 Å². The Labute approximate surface area is 118 Å². The van der Waals surface area contributed by atoms with Gasteiger partial charge in [0.25, 0.3) is 0 Å². The van der Waals surface area contributed by atoms with Gasteiger partial charge in [0.05, 0.1) is 0 Å². The predicted molar refractivity (Wildman–Crippen MR) is 77.5 cm³/mol. The molecule has 0 radical (unpaired) electrons. The molecule has 0 heterocycles. The number of hydrogen-bond acceptors (Lipinski definition) is 1. The maximum atomic E-state index is 13.2. The highest BCUT2D eigenvalue weighted by Gasteiger charge is 2.22. The molecule has 3 rings (SSSR count). The molecule has 0 spiro atoms. The van der Waals surface area contributed by atoms with Crippen molar-refractivity contribution in [3.8, 4) is 0 Å². The first-order valence-corrected chi connectivity index (χ1v) is 7.10. The van der Waals surface area contributed by atoms with Gasteiger partial charge in [0.1, 0.15) is 5.82 Å². The maximum Gasteiger partial charge on any atom is 0.163 e. The molecule has 1 nitrogen and oxygen atoms in total. The standard InChI is InChI=1S/C18H17FO/c19-16-9-4-8-15(11-16)18(20)12-14-7-3-6-13-5-1-2-10-17(13)14/h1-2,4-5,8-11,14H,3,6-7,12H2. The quantitative estimate of drug-likeness (QED) is 0.748. The van der Waals surface area contributed by atoms with Gasteiger partial charge in [-0.25, -0.2) is 4.39 Å². The third-order valence-corrected chi connectivity index (χ3v) is 4.07. The van der Waals surface area contributed by atoms with E-state index in [4.69, 9.17) is 0 Å². The van der Waals surface area contributed by atoms with Crippen LogP contribution in [0.2, 0.25) is 0 Å². The van der Waals surface area contributed by atoms with Crippen LogP contribution in [-0.2, 0) is 6.42 Å². The van der Waals surface area contributed by atoms with E-state index >= 15 is 0 Å². The summed E-state index contributed by atoms with van der Waals surface area (Å²) in [7, 11) is 0. The number of Topliss-reactive ketones (excluding diaryl/α,β-unsaturated/α-hetero) is 1. The molecule has 2 heteroatoms. The highest BCUT2D eigenvalue weighted by Crippen LogP contribution is 2.34. The number of hydrogen-bond donors (Lipinski definition) is 0. The Balaban J connectivity index is 1.81. The summed E-state index contributed by atoms with van der Waals surface area (Å²) in [4.78, 5) is 12.3. The van der Waals surface area contributed by atoms with E-state index < -0.39 is 0 Å². The zero-order chi connectivity index (χ0) is 13.9. The second kappa shape index (κ2) is 5.58. The van der Waals surface area contributed by atoms with Crippen LogP contribution in [0, 0.1) is 5.82 Å². The Kier molecular flexibility index (Phi) is 3.64. The topological polar surface area (TPSA) is 17.1 Å². The monoisotopic (exact) mass is 268 g/mol. The van der Waals surface area contributed by atoms with E-state index in [1.54, 1.807) is 12.1 Å². The average molecular weight is 268 g/mol. The van der Waals surface area contributed by atoms with Crippen molar-refractivity contribution in [2.75, 3.05) is 0 Å². The molecule has 0 N–H and O–H groups in total. The van der Waals surface area contributed by atoms with Gasteiger partial charge in [-0.05, 0) is 48.4 Å². The molecule has 1 aliphatic rings. The number of rotatable bonds is 3.